The normalized spacial score (nSPS) is 18.3. The second-order valence-corrected chi connectivity index (χ2v) is 8.12. The van der Waals surface area contributed by atoms with Gasteiger partial charge in [-0.05, 0) is 47.9 Å². The van der Waals surface area contributed by atoms with Crippen LogP contribution in [-0.4, -0.2) is 22.6 Å². The standard InChI is InChI=1S/C26H20N4O2/c1-16-3-2-4-17(9-16)18-5-7-23-21(10-18)26(14-31-25(27)30-26)22-11-19(6-8-24(22)32-23)20-12-28-15-29-13-20/h2-13,15H,14H2,1H3,(H2,27,30)/t26-/m1/s1. The Bertz CT molecular complexity index is 1380. The van der Waals surface area contributed by atoms with Crippen LogP contribution in [0.4, 0.5) is 0 Å². The molecule has 0 saturated heterocycles. The van der Waals surface area contributed by atoms with Crippen LogP contribution in [0.3, 0.4) is 0 Å². The van der Waals surface area contributed by atoms with Crippen LogP contribution in [0.25, 0.3) is 22.3 Å². The third-order valence-electron chi connectivity index (χ3n) is 6.05. The van der Waals surface area contributed by atoms with Gasteiger partial charge in [-0.3, -0.25) is 0 Å². The van der Waals surface area contributed by atoms with E-state index in [0.717, 1.165) is 44.9 Å². The van der Waals surface area contributed by atoms with E-state index in [-0.39, 0.29) is 6.02 Å². The second kappa shape index (κ2) is 6.92. The zero-order valence-electron chi connectivity index (χ0n) is 17.4. The van der Waals surface area contributed by atoms with Crippen LogP contribution in [-0.2, 0) is 10.3 Å². The fourth-order valence-corrected chi connectivity index (χ4v) is 4.49. The van der Waals surface area contributed by atoms with Crippen LogP contribution in [0.2, 0.25) is 0 Å². The van der Waals surface area contributed by atoms with Gasteiger partial charge in [0.2, 0.25) is 0 Å². The van der Waals surface area contributed by atoms with E-state index in [4.69, 9.17) is 20.2 Å². The Kier molecular flexibility index (Phi) is 4.01. The summed E-state index contributed by atoms with van der Waals surface area (Å²) in [6.07, 6.45) is 5.10. The molecule has 1 atom stereocenters. The summed E-state index contributed by atoms with van der Waals surface area (Å²) >= 11 is 0. The Morgan fingerprint density at radius 3 is 2.09 bits per heavy atom. The van der Waals surface area contributed by atoms with Gasteiger partial charge in [0.1, 0.15) is 24.4 Å². The van der Waals surface area contributed by atoms with Crippen molar-refractivity contribution in [1.29, 1.82) is 0 Å². The van der Waals surface area contributed by atoms with E-state index >= 15 is 0 Å². The molecule has 0 unspecified atom stereocenters. The number of nitrogens with two attached hydrogens (primary N) is 1. The summed E-state index contributed by atoms with van der Waals surface area (Å²) in [5, 5.41) is 0. The molecule has 1 aromatic heterocycles. The summed E-state index contributed by atoms with van der Waals surface area (Å²) < 4.78 is 12.0. The number of hydrogen-bond donors (Lipinski definition) is 1. The monoisotopic (exact) mass is 420 g/mol. The predicted octanol–water partition coefficient (Wildman–Crippen LogP) is 4.81. The Morgan fingerprint density at radius 1 is 0.812 bits per heavy atom. The average molecular weight is 420 g/mol. The van der Waals surface area contributed by atoms with Gasteiger partial charge in [-0.25, -0.2) is 15.0 Å². The summed E-state index contributed by atoms with van der Waals surface area (Å²) in [4.78, 5) is 13.1. The maximum absolute atomic E-state index is 6.31. The van der Waals surface area contributed by atoms with Gasteiger partial charge in [-0.2, -0.15) is 0 Å². The molecule has 32 heavy (non-hydrogen) atoms. The number of fused-ring (bicyclic) bond motifs is 4. The molecule has 6 heteroatoms. The molecule has 0 bridgehead atoms. The highest BCUT2D eigenvalue weighted by atomic mass is 16.5. The number of benzene rings is 3. The first-order valence-electron chi connectivity index (χ1n) is 10.4. The van der Waals surface area contributed by atoms with E-state index in [9.17, 15) is 0 Å². The molecule has 2 aliphatic heterocycles. The number of hydrogen-bond acceptors (Lipinski definition) is 6. The largest absolute Gasteiger partial charge is 0.462 e. The summed E-state index contributed by atoms with van der Waals surface area (Å²) in [5.41, 5.74) is 12.4. The van der Waals surface area contributed by atoms with E-state index < -0.39 is 5.54 Å². The number of aryl methyl sites for hydroxylation is 1. The molecule has 6 rings (SSSR count). The van der Waals surface area contributed by atoms with Crippen molar-refractivity contribution < 1.29 is 9.47 Å². The van der Waals surface area contributed by atoms with Crippen molar-refractivity contribution in [2.75, 3.05) is 6.61 Å². The van der Waals surface area contributed by atoms with Gasteiger partial charge in [0.25, 0.3) is 6.02 Å². The van der Waals surface area contributed by atoms with E-state index in [1.165, 1.54) is 11.9 Å². The summed E-state index contributed by atoms with van der Waals surface area (Å²) in [6, 6.07) is 20.9. The van der Waals surface area contributed by atoms with E-state index in [0.29, 0.717) is 6.61 Å². The summed E-state index contributed by atoms with van der Waals surface area (Å²) in [5.74, 6) is 1.50. The lowest BCUT2D eigenvalue weighted by atomic mass is 9.79. The van der Waals surface area contributed by atoms with Crippen molar-refractivity contribution in [3.8, 4) is 33.8 Å². The molecule has 156 valence electrons. The number of ether oxygens (including phenoxy) is 2. The Hall–Kier alpha value is -4.19. The minimum absolute atomic E-state index is 0.179. The summed E-state index contributed by atoms with van der Waals surface area (Å²) in [6.45, 7) is 2.40. The molecule has 2 N–H and O–H groups in total. The van der Waals surface area contributed by atoms with E-state index in [2.05, 4.69) is 59.4 Å². The average Bonchev–Trinajstić information content (AvgIpc) is 3.22. The third kappa shape index (κ3) is 2.84. The van der Waals surface area contributed by atoms with Crippen molar-refractivity contribution in [2.45, 2.75) is 12.5 Å². The first-order chi connectivity index (χ1) is 15.6. The molecular formula is C26H20N4O2. The van der Waals surface area contributed by atoms with E-state index in [1.54, 1.807) is 12.4 Å². The van der Waals surface area contributed by atoms with Gasteiger partial charge in [0.15, 0.2) is 5.54 Å². The molecule has 6 nitrogen and oxygen atoms in total. The number of aliphatic imine (C=N–C) groups is 1. The fourth-order valence-electron chi connectivity index (χ4n) is 4.49. The van der Waals surface area contributed by atoms with Crippen molar-refractivity contribution in [3.05, 3.63) is 96.1 Å². The molecule has 3 aromatic carbocycles. The lowest BCUT2D eigenvalue weighted by molar-refractivity contribution is 0.264. The van der Waals surface area contributed by atoms with Crippen molar-refractivity contribution in [3.63, 3.8) is 0 Å². The molecule has 0 fully saturated rings. The zero-order valence-corrected chi connectivity index (χ0v) is 17.4. The van der Waals surface area contributed by atoms with Gasteiger partial charge in [0.05, 0.1) is 0 Å². The first kappa shape index (κ1) is 18.6. The molecule has 0 aliphatic carbocycles. The Morgan fingerprint density at radius 2 is 1.47 bits per heavy atom. The Labute approximate surface area is 185 Å². The highest BCUT2D eigenvalue weighted by Gasteiger charge is 2.47. The molecule has 4 aromatic rings. The highest BCUT2D eigenvalue weighted by molar-refractivity contribution is 5.79. The van der Waals surface area contributed by atoms with E-state index in [1.807, 2.05) is 18.2 Å². The number of nitrogens with zero attached hydrogens (tertiary/aromatic N) is 3. The van der Waals surface area contributed by atoms with Crippen LogP contribution >= 0.6 is 0 Å². The molecule has 0 radical (unpaired) electrons. The number of rotatable bonds is 2. The maximum atomic E-state index is 6.31. The summed E-state index contributed by atoms with van der Waals surface area (Å²) in [7, 11) is 0. The molecule has 3 heterocycles. The SMILES string of the molecule is Cc1cccc(-c2ccc3c(c2)[C@]2(COC(N)=N2)c2cc(-c4cncnc4)ccc2O3)c1. The zero-order chi connectivity index (χ0) is 21.7. The van der Waals surface area contributed by atoms with Gasteiger partial charge in [-0.15, -0.1) is 0 Å². The molecular weight excluding hydrogens is 400 g/mol. The maximum Gasteiger partial charge on any atom is 0.283 e. The van der Waals surface area contributed by atoms with Crippen LogP contribution in [0, 0.1) is 6.92 Å². The fraction of sp³-hybridized carbons (Fsp3) is 0.115. The van der Waals surface area contributed by atoms with Crippen LogP contribution in [0.15, 0.2) is 84.4 Å². The lowest BCUT2D eigenvalue weighted by Crippen LogP contribution is -2.31. The van der Waals surface area contributed by atoms with Crippen LogP contribution < -0.4 is 10.5 Å². The Balaban J connectivity index is 1.55. The quantitative estimate of drug-likeness (QED) is 0.503. The predicted molar refractivity (Wildman–Crippen MR) is 123 cm³/mol. The number of aromatic nitrogens is 2. The lowest BCUT2D eigenvalue weighted by Gasteiger charge is -2.34. The minimum Gasteiger partial charge on any atom is -0.462 e. The number of amidine groups is 1. The third-order valence-corrected chi connectivity index (χ3v) is 6.05. The molecule has 0 amide bonds. The van der Waals surface area contributed by atoms with Gasteiger partial charge in [0, 0.05) is 29.1 Å². The first-order valence-corrected chi connectivity index (χ1v) is 10.4. The van der Waals surface area contributed by atoms with Crippen LogP contribution in [0.5, 0.6) is 11.5 Å². The molecule has 0 saturated carbocycles. The topological polar surface area (TPSA) is 82.6 Å². The van der Waals surface area contributed by atoms with Gasteiger partial charge >= 0.3 is 0 Å². The van der Waals surface area contributed by atoms with Crippen molar-refractivity contribution in [2.24, 2.45) is 10.7 Å². The minimum atomic E-state index is -0.779. The highest BCUT2D eigenvalue weighted by Crippen LogP contribution is 2.52. The smallest absolute Gasteiger partial charge is 0.283 e. The van der Waals surface area contributed by atoms with Crippen molar-refractivity contribution >= 4 is 6.02 Å². The van der Waals surface area contributed by atoms with Crippen LogP contribution in [0.1, 0.15) is 16.7 Å². The molecule has 1 spiro atoms. The van der Waals surface area contributed by atoms with Gasteiger partial charge < -0.3 is 15.2 Å². The second-order valence-electron chi connectivity index (χ2n) is 8.12. The molecule has 2 aliphatic rings. The van der Waals surface area contributed by atoms with Gasteiger partial charge in [-0.1, -0.05) is 42.0 Å². The van der Waals surface area contributed by atoms with Crippen molar-refractivity contribution in [1.82, 2.24) is 9.97 Å².